The highest BCUT2D eigenvalue weighted by molar-refractivity contribution is 6.32. The van der Waals surface area contributed by atoms with Crippen molar-refractivity contribution in [1.29, 1.82) is 0 Å². The number of Topliss-reactive ketones (excluding diaryl/α,β-unsaturated/α-hetero) is 1. The van der Waals surface area contributed by atoms with E-state index in [0.717, 1.165) is 6.42 Å². The zero-order valence-electron chi connectivity index (χ0n) is 14.1. The molecule has 0 atom stereocenters. The molecule has 0 aliphatic carbocycles. The lowest BCUT2D eigenvalue weighted by molar-refractivity contribution is 0.0474. The Morgan fingerprint density at radius 2 is 1.92 bits per heavy atom. The number of carbonyl (C=O) groups is 2. The first-order valence-electron chi connectivity index (χ1n) is 8.02. The molecule has 2 aromatic rings. The van der Waals surface area contributed by atoms with Gasteiger partial charge in [-0.15, -0.1) is 0 Å². The fraction of sp³-hybridized carbons (Fsp3) is 0.263. The molecule has 2 aromatic carbocycles. The molecular weight excluding hydrogens is 360 g/mol. The second-order valence-corrected chi connectivity index (χ2v) is 5.97. The minimum Gasteiger partial charge on any atom is -0.497 e. The van der Waals surface area contributed by atoms with Crippen LogP contribution in [0.3, 0.4) is 0 Å². The summed E-state index contributed by atoms with van der Waals surface area (Å²) in [6.07, 6.45) is 0.722. The number of ether oxygens (including phenoxy) is 4. The molecule has 26 heavy (non-hydrogen) atoms. The zero-order valence-corrected chi connectivity index (χ0v) is 14.9. The Labute approximate surface area is 155 Å². The number of hydrogen-bond acceptors (Lipinski definition) is 6. The molecule has 6 nitrogen and oxygen atoms in total. The van der Waals surface area contributed by atoms with Gasteiger partial charge in [0.15, 0.2) is 23.9 Å². The van der Waals surface area contributed by atoms with Crippen molar-refractivity contribution in [3.05, 3.63) is 52.5 Å². The summed E-state index contributed by atoms with van der Waals surface area (Å²) < 4.78 is 21.2. The van der Waals surface area contributed by atoms with Crippen LogP contribution in [0.15, 0.2) is 36.4 Å². The number of rotatable bonds is 5. The molecule has 0 saturated heterocycles. The number of methoxy groups -OCH3 is 1. The zero-order chi connectivity index (χ0) is 18.5. The van der Waals surface area contributed by atoms with Crippen molar-refractivity contribution in [1.82, 2.24) is 0 Å². The highest BCUT2D eigenvalue weighted by Crippen LogP contribution is 2.38. The summed E-state index contributed by atoms with van der Waals surface area (Å²) in [7, 11) is 1.51. The SMILES string of the molecule is COc1cccc(C(=O)COC(=O)c2cc(Cl)c3c(c2)OCCCO3)c1. The van der Waals surface area contributed by atoms with Crippen molar-refractivity contribution in [2.45, 2.75) is 6.42 Å². The van der Waals surface area contributed by atoms with E-state index in [1.807, 2.05) is 0 Å². The van der Waals surface area contributed by atoms with Gasteiger partial charge in [0.25, 0.3) is 0 Å². The first kappa shape index (κ1) is 18.1. The third kappa shape index (κ3) is 4.08. The molecule has 1 heterocycles. The summed E-state index contributed by atoms with van der Waals surface area (Å²) in [5, 5.41) is 0.260. The van der Waals surface area contributed by atoms with E-state index in [1.54, 1.807) is 24.3 Å². The van der Waals surface area contributed by atoms with E-state index in [0.29, 0.717) is 36.0 Å². The maximum Gasteiger partial charge on any atom is 0.338 e. The standard InChI is InChI=1S/C19H17ClO6/c1-23-14-5-2-4-12(8-14)16(21)11-26-19(22)13-9-15(20)18-17(10-13)24-6-3-7-25-18/h2,4-5,8-10H,3,6-7,11H2,1H3. The third-order valence-corrected chi connectivity index (χ3v) is 4.04. The Morgan fingerprint density at radius 1 is 1.12 bits per heavy atom. The van der Waals surface area contributed by atoms with Crippen LogP contribution in [0.5, 0.6) is 17.2 Å². The molecule has 0 aromatic heterocycles. The van der Waals surface area contributed by atoms with Crippen molar-refractivity contribution in [3.8, 4) is 17.2 Å². The molecule has 1 aliphatic heterocycles. The predicted octanol–water partition coefficient (Wildman–Crippen LogP) is 3.55. The molecule has 0 amide bonds. The molecular formula is C19H17ClO6. The van der Waals surface area contributed by atoms with E-state index >= 15 is 0 Å². The maximum absolute atomic E-state index is 12.3. The number of hydrogen-bond donors (Lipinski definition) is 0. The quantitative estimate of drug-likeness (QED) is 0.587. The van der Waals surface area contributed by atoms with Crippen LogP contribution in [0.1, 0.15) is 27.1 Å². The second-order valence-electron chi connectivity index (χ2n) is 5.57. The summed E-state index contributed by atoms with van der Waals surface area (Å²) in [4.78, 5) is 24.5. The van der Waals surface area contributed by atoms with Crippen LogP contribution in [-0.4, -0.2) is 38.7 Å². The van der Waals surface area contributed by atoms with Gasteiger partial charge in [0.2, 0.25) is 0 Å². The monoisotopic (exact) mass is 376 g/mol. The van der Waals surface area contributed by atoms with Crippen LogP contribution in [-0.2, 0) is 4.74 Å². The van der Waals surface area contributed by atoms with Gasteiger partial charge in [-0.3, -0.25) is 4.79 Å². The van der Waals surface area contributed by atoms with Gasteiger partial charge >= 0.3 is 5.97 Å². The summed E-state index contributed by atoms with van der Waals surface area (Å²) in [6.45, 7) is 0.569. The largest absolute Gasteiger partial charge is 0.497 e. The molecule has 1 aliphatic rings. The molecule has 0 spiro atoms. The lowest BCUT2D eigenvalue weighted by Crippen LogP contribution is -2.14. The predicted molar refractivity (Wildman–Crippen MR) is 94.7 cm³/mol. The number of carbonyl (C=O) groups excluding carboxylic acids is 2. The summed E-state index contributed by atoms with van der Waals surface area (Å²) in [5.74, 6) is 0.350. The van der Waals surface area contributed by atoms with E-state index < -0.39 is 12.6 Å². The fourth-order valence-corrected chi connectivity index (χ4v) is 2.71. The van der Waals surface area contributed by atoms with Crippen LogP contribution >= 0.6 is 11.6 Å². The Kier molecular flexibility index (Phi) is 5.63. The van der Waals surface area contributed by atoms with Gasteiger partial charge in [0.1, 0.15) is 5.75 Å². The summed E-state index contributed by atoms with van der Waals surface area (Å²) in [5.41, 5.74) is 0.589. The molecule has 0 saturated carbocycles. The number of benzene rings is 2. The van der Waals surface area contributed by atoms with Crippen molar-refractivity contribution < 1.29 is 28.5 Å². The molecule has 0 radical (unpaired) electrons. The van der Waals surface area contributed by atoms with Gasteiger partial charge in [-0.25, -0.2) is 4.79 Å². The fourth-order valence-electron chi connectivity index (χ4n) is 2.44. The Morgan fingerprint density at radius 3 is 2.73 bits per heavy atom. The first-order chi connectivity index (χ1) is 12.6. The number of fused-ring (bicyclic) bond motifs is 1. The third-order valence-electron chi connectivity index (χ3n) is 3.76. The minimum absolute atomic E-state index is 0.192. The van der Waals surface area contributed by atoms with Gasteiger partial charge in [-0.1, -0.05) is 23.7 Å². The van der Waals surface area contributed by atoms with Crippen molar-refractivity contribution in [3.63, 3.8) is 0 Å². The Hall–Kier alpha value is -2.73. The summed E-state index contributed by atoms with van der Waals surface area (Å²) in [6, 6.07) is 9.57. The number of esters is 1. The number of halogens is 1. The maximum atomic E-state index is 12.3. The Balaban J connectivity index is 1.69. The smallest absolute Gasteiger partial charge is 0.338 e. The van der Waals surface area contributed by atoms with Crippen molar-refractivity contribution >= 4 is 23.4 Å². The molecule has 0 fully saturated rings. The van der Waals surface area contributed by atoms with Crippen molar-refractivity contribution in [2.24, 2.45) is 0 Å². The van der Waals surface area contributed by atoms with E-state index in [1.165, 1.54) is 19.2 Å². The van der Waals surface area contributed by atoms with Gasteiger partial charge < -0.3 is 18.9 Å². The molecule has 0 unspecified atom stereocenters. The van der Waals surface area contributed by atoms with Gasteiger partial charge in [0, 0.05) is 12.0 Å². The first-order valence-corrected chi connectivity index (χ1v) is 8.40. The second kappa shape index (κ2) is 8.10. The minimum atomic E-state index is -0.668. The normalized spacial score (nSPS) is 12.8. The van der Waals surface area contributed by atoms with Crippen LogP contribution in [0.25, 0.3) is 0 Å². The van der Waals surface area contributed by atoms with Crippen LogP contribution < -0.4 is 14.2 Å². The van der Waals surface area contributed by atoms with E-state index in [-0.39, 0.29) is 16.4 Å². The average molecular weight is 377 g/mol. The highest BCUT2D eigenvalue weighted by atomic mass is 35.5. The van der Waals surface area contributed by atoms with E-state index in [9.17, 15) is 9.59 Å². The van der Waals surface area contributed by atoms with Gasteiger partial charge in [-0.05, 0) is 24.3 Å². The lowest BCUT2D eigenvalue weighted by Gasteiger charge is -2.11. The van der Waals surface area contributed by atoms with Gasteiger partial charge in [-0.2, -0.15) is 0 Å². The molecule has 136 valence electrons. The van der Waals surface area contributed by atoms with E-state index in [2.05, 4.69) is 0 Å². The average Bonchev–Trinajstić information content (AvgIpc) is 2.91. The molecule has 7 heteroatoms. The number of ketones is 1. The van der Waals surface area contributed by atoms with Crippen molar-refractivity contribution in [2.75, 3.05) is 26.9 Å². The molecule has 0 bridgehead atoms. The lowest BCUT2D eigenvalue weighted by atomic mass is 10.1. The molecule has 3 rings (SSSR count). The topological polar surface area (TPSA) is 71.1 Å². The summed E-state index contributed by atoms with van der Waals surface area (Å²) >= 11 is 6.16. The van der Waals surface area contributed by atoms with Crippen LogP contribution in [0, 0.1) is 0 Å². The van der Waals surface area contributed by atoms with Gasteiger partial charge in [0.05, 0.1) is 30.9 Å². The molecule has 0 N–H and O–H groups in total. The van der Waals surface area contributed by atoms with E-state index in [4.69, 9.17) is 30.5 Å². The van der Waals surface area contributed by atoms with Crippen LogP contribution in [0.2, 0.25) is 5.02 Å². The van der Waals surface area contributed by atoms with Crippen LogP contribution in [0.4, 0.5) is 0 Å². The Bertz CT molecular complexity index is 833. The highest BCUT2D eigenvalue weighted by Gasteiger charge is 2.20.